The number of nitrogens with one attached hydrogen (secondary N) is 1. The highest BCUT2D eigenvalue weighted by Gasteiger charge is 2.17. The smallest absolute Gasteiger partial charge is 0.238 e. The Bertz CT molecular complexity index is 424. The van der Waals surface area contributed by atoms with Gasteiger partial charge in [-0.15, -0.1) is 0 Å². The maximum atomic E-state index is 11.2. The predicted molar refractivity (Wildman–Crippen MR) is 80.8 cm³/mol. The van der Waals surface area contributed by atoms with Crippen molar-refractivity contribution in [3.63, 3.8) is 0 Å². The molecule has 4 nitrogen and oxygen atoms in total. The molecule has 0 unspecified atom stereocenters. The Morgan fingerprint density at radius 1 is 1.20 bits per heavy atom. The molecule has 2 rings (SSSR count). The number of carbonyl (C=O) groups is 1. The van der Waals surface area contributed by atoms with E-state index in [0.29, 0.717) is 6.42 Å². The van der Waals surface area contributed by atoms with Crippen LogP contribution >= 0.6 is 0 Å². The molecule has 0 saturated heterocycles. The summed E-state index contributed by atoms with van der Waals surface area (Å²) >= 11 is 0. The first-order valence-corrected chi connectivity index (χ1v) is 7.46. The van der Waals surface area contributed by atoms with E-state index in [4.69, 9.17) is 5.84 Å². The summed E-state index contributed by atoms with van der Waals surface area (Å²) in [4.78, 5) is 13.7. The first-order valence-electron chi connectivity index (χ1n) is 7.46. The summed E-state index contributed by atoms with van der Waals surface area (Å²) < 4.78 is 0. The highest BCUT2D eigenvalue weighted by atomic mass is 16.2. The molecular weight excluding hydrogens is 250 g/mol. The number of hydrogen-bond acceptors (Lipinski definition) is 3. The van der Waals surface area contributed by atoms with Gasteiger partial charge in [-0.3, -0.25) is 15.1 Å². The maximum Gasteiger partial charge on any atom is 0.238 e. The molecule has 110 valence electrons. The minimum absolute atomic E-state index is 0.155. The summed E-state index contributed by atoms with van der Waals surface area (Å²) in [6.07, 6.45) is 7.11. The largest absolute Gasteiger partial charge is 0.299 e. The molecule has 3 N–H and O–H groups in total. The van der Waals surface area contributed by atoms with E-state index in [1.54, 1.807) is 0 Å². The van der Waals surface area contributed by atoms with E-state index in [1.165, 1.54) is 37.7 Å². The zero-order chi connectivity index (χ0) is 14.4. The Hall–Kier alpha value is -1.39. The summed E-state index contributed by atoms with van der Waals surface area (Å²) in [5.41, 5.74) is 4.45. The van der Waals surface area contributed by atoms with E-state index in [2.05, 4.69) is 29.5 Å². The lowest BCUT2D eigenvalue weighted by Gasteiger charge is -2.31. The van der Waals surface area contributed by atoms with E-state index < -0.39 is 0 Å². The Morgan fingerprint density at radius 3 is 2.40 bits per heavy atom. The third-order valence-electron chi connectivity index (χ3n) is 4.18. The normalized spacial score (nSPS) is 16.4. The van der Waals surface area contributed by atoms with Crippen LogP contribution in [0.3, 0.4) is 0 Å². The van der Waals surface area contributed by atoms with Crippen LogP contribution in [0.25, 0.3) is 0 Å². The van der Waals surface area contributed by atoms with Gasteiger partial charge in [-0.25, -0.2) is 5.84 Å². The van der Waals surface area contributed by atoms with Gasteiger partial charge in [0.15, 0.2) is 0 Å². The van der Waals surface area contributed by atoms with Gasteiger partial charge in [0, 0.05) is 12.6 Å². The van der Waals surface area contributed by atoms with Crippen LogP contribution in [0.5, 0.6) is 0 Å². The fourth-order valence-electron chi connectivity index (χ4n) is 2.94. The Morgan fingerprint density at radius 2 is 1.80 bits per heavy atom. The Labute approximate surface area is 121 Å². The Kier molecular flexibility index (Phi) is 5.56. The molecule has 1 saturated carbocycles. The second kappa shape index (κ2) is 7.41. The summed E-state index contributed by atoms with van der Waals surface area (Å²) in [7, 11) is 2.21. The average molecular weight is 275 g/mol. The lowest BCUT2D eigenvalue weighted by atomic mass is 9.94. The molecule has 4 heteroatoms. The average Bonchev–Trinajstić information content (AvgIpc) is 2.50. The van der Waals surface area contributed by atoms with Crippen molar-refractivity contribution in [1.29, 1.82) is 0 Å². The van der Waals surface area contributed by atoms with Crippen molar-refractivity contribution < 1.29 is 4.79 Å². The van der Waals surface area contributed by atoms with Crippen LogP contribution in [0.1, 0.15) is 43.2 Å². The van der Waals surface area contributed by atoms with E-state index in [1.807, 2.05) is 12.1 Å². The molecule has 1 amide bonds. The second-order valence-electron chi connectivity index (χ2n) is 5.77. The minimum atomic E-state index is -0.155. The van der Waals surface area contributed by atoms with Crippen molar-refractivity contribution in [2.75, 3.05) is 7.05 Å². The number of carbonyl (C=O) groups excluding carboxylic acids is 1. The molecule has 0 aliphatic heterocycles. The van der Waals surface area contributed by atoms with Crippen molar-refractivity contribution in [1.82, 2.24) is 10.3 Å². The van der Waals surface area contributed by atoms with Crippen molar-refractivity contribution in [2.24, 2.45) is 5.84 Å². The summed E-state index contributed by atoms with van der Waals surface area (Å²) in [6, 6.07) is 8.97. The van der Waals surface area contributed by atoms with Crippen LogP contribution in [0, 0.1) is 0 Å². The quantitative estimate of drug-likeness (QED) is 0.491. The van der Waals surface area contributed by atoms with E-state index in [-0.39, 0.29) is 5.91 Å². The van der Waals surface area contributed by atoms with E-state index >= 15 is 0 Å². The van der Waals surface area contributed by atoms with Crippen LogP contribution in [0.4, 0.5) is 0 Å². The number of nitrogens with two attached hydrogens (primary N) is 1. The molecule has 0 heterocycles. The van der Waals surface area contributed by atoms with Gasteiger partial charge < -0.3 is 0 Å². The van der Waals surface area contributed by atoms with Gasteiger partial charge >= 0.3 is 0 Å². The first-order chi connectivity index (χ1) is 9.69. The number of benzene rings is 1. The van der Waals surface area contributed by atoms with Gasteiger partial charge in [0.05, 0.1) is 6.42 Å². The molecule has 0 bridgehead atoms. The lowest BCUT2D eigenvalue weighted by Crippen LogP contribution is -2.32. The fourth-order valence-corrected chi connectivity index (χ4v) is 2.94. The molecule has 1 aromatic carbocycles. The van der Waals surface area contributed by atoms with Crippen molar-refractivity contribution >= 4 is 5.91 Å². The molecular formula is C16H25N3O. The van der Waals surface area contributed by atoms with Crippen molar-refractivity contribution in [3.8, 4) is 0 Å². The molecule has 1 fully saturated rings. The van der Waals surface area contributed by atoms with E-state index in [0.717, 1.165) is 18.2 Å². The van der Waals surface area contributed by atoms with Gasteiger partial charge in [0.25, 0.3) is 0 Å². The van der Waals surface area contributed by atoms with Gasteiger partial charge in [-0.2, -0.15) is 0 Å². The zero-order valence-electron chi connectivity index (χ0n) is 12.3. The molecule has 20 heavy (non-hydrogen) atoms. The first kappa shape index (κ1) is 15.0. The molecule has 1 aliphatic rings. The predicted octanol–water partition coefficient (Wildman–Crippen LogP) is 1.98. The van der Waals surface area contributed by atoms with Crippen LogP contribution in [0.2, 0.25) is 0 Å². The highest BCUT2D eigenvalue weighted by molar-refractivity contribution is 5.77. The monoisotopic (exact) mass is 275 g/mol. The molecule has 0 spiro atoms. The Balaban J connectivity index is 1.87. The minimum Gasteiger partial charge on any atom is -0.299 e. The van der Waals surface area contributed by atoms with Crippen LogP contribution in [-0.2, 0) is 17.8 Å². The van der Waals surface area contributed by atoms with Crippen LogP contribution in [0.15, 0.2) is 24.3 Å². The van der Waals surface area contributed by atoms with Crippen molar-refractivity contribution in [2.45, 2.75) is 51.1 Å². The third-order valence-corrected chi connectivity index (χ3v) is 4.18. The van der Waals surface area contributed by atoms with Gasteiger partial charge in [0.2, 0.25) is 5.91 Å². The fraction of sp³-hybridized carbons (Fsp3) is 0.562. The van der Waals surface area contributed by atoms with Gasteiger partial charge in [0.1, 0.15) is 0 Å². The van der Waals surface area contributed by atoms with E-state index in [9.17, 15) is 4.79 Å². The standard InChI is InChI=1S/C16H25N3O/c1-19(15-5-3-2-4-6-15)12-14-9-7-13(8-10-14)11-16(20)18-17/h7-10,15H,2-6,11-12,17H2,1H3,(H,18,20). The number of hydrazine groups is 1. The molecule has 0 radical (unpaired) electrons. The number of hydrogen-bond donors (Lipinski definition) is 2. The topological polar surface area (TPSA) is 58.4 Å². The number of rotatable bonds is 5. The molecule has 1 aromatic rings. The van der Waals surface area contributed by atoms with Gasteiger partial charge in [-0.1, -0.05) is 43.5 Å². The molecule has 1 aliphatic carbocycles. The lowest BCUT2D eigenvalue weighted by molar-refractivity contribution is -0.120. The summed E-state index contributed by atoms with van der Waals surface area (Å²) in [6.45, 7) is 0.980. The van der Waals surface area contributed by atoms with Crippen molar-refractivity contribution in [3.05, 3.63) is 35.4 Å². The number of amides is 1. The van der Waals surface area contributed by atoms with Crippen LogP contribution < -0.4 is 11.3 Å². The molecule has 0 aromatic heterocycles. The highest BCUT2D eigenvalue weighted by Crippen LogP contribution is 2.22. The summed E-state index contributed by atoms with van der Waals surface area (Å²) in [5, 5.41) is 0. The second-order valence-corrected chi connectivity index (χ2v) is 5.77. The maximum absolute atomic E-state index is 11.2. The van der Waals surface area contributed by atoms with Crippen LogP contribution in [-0.4, -0.2) is 23.9 Å². The van der Waals surface area contributed by atoms with Gasteiger partial charge in [-0.05, 0) is 31.0 Å². The number of nitrogens with zero attached hydrogens (tertiary/aromatic N) is 1. The zero-order valence-corrected chi connectivity index (χ0v) is 12.3. The summed E-state index contributed by atoms with van der Waals surface area (Å²) in [5.74, 6) is 4.94. The SMILES string of the molecule is CN(Cc1ccc(CC(=O)NN)cc1)C1CCCCC1. The third kappa shape index (κ3) is 4.32. The molecule has 0 atom stereocenters.